The van der Waals surface area contributed by atoms with Crippen molar-refractivity contribution in [2.45, 2.75) is 11.8 Å². The first-order valence-electron chi connectivity index (χ1n) is 6.71. The summed E-state index contributed by atoms with van der Waals surface area (Å²) in [6.45, 7) is 2.38. The van der Waals surface area contributed by atoms with Crippen LogP contribution >= 0.6 is 23.2 Å². The van der Waals surface area contributed by atoms with Gasteiger partial charge in [0.1, 0.15) is 4.90 Å². The fourth-order valence-corrected chi connectivity index (χ4v) is 4.25. The molecule has 120 valence electrons. The zero-order valence-electron chi connectivity index (χ0n) is 12.0. The van der Waals surface area contributed by atoms with Crippen LogP contribution in [0.5, 0.6) is 0 Å². The van der Waals surface area contributed by atoms with Crippen LogP contribution in [0.25, 0.3) is 0 Å². The lowest BCUT2D eigenvalue weighted by molar-refractivity contribution is 0.597. The molecule has 0 saturated heterocycles. The fourth-order valence-electron chi connectivity index (χ4n) is 2.30. The molecule has 9 heteroatoms. The lowest BCUT2D eigenvalue weighted by atomic mass is 10.3. The number of nitrogens with zero attached hydrogens (tertiary/aromatic N) is 3. The van der Waals surface area contributed by atoms with Crippen LogP contribution in [-0.4, -0.2) is 25.9 Å². The van der Waals surface area contributed by atoms with Gasteiger partial charge in [-0.15, -0.1) is 4.40 Å². The number of fused-ring (bicyclic) bond motifs is 1. The van der Waals surface area contributed by atoms with E-state index in [4.69, 9.17) is 23.2 Å². The molecule has 1 aliphatic heterocycles. The first-order chi connectivity index (χ1) is 10.9. The van der Waals surface area contributed by atoms with Gasteiger partial charge in [-0.2, -0.15) is 8.42 Å². The molecule has 3 rings (SSSR count). The second-order valence-corrected chi connectivity index (χ2v) is 7.12. The molecule has 1 N–H and O–H groups in total. The Hall–Kier alpha value is -1.83. The van der Waals surface area contributed by atoms with Gasteiger partial charge in [-0.25, -0.2) is 0 Å². The van der Waals surface area contributed by atoms with Crippen LogP contribution in [0.2, 0.25) is 10.0 Å². The van der Waals surface area contributed by atoms with E-state index in [-0.39, 0.29) is 15.9 Å². The molecule has 0 aliphatic carbocycles. The minimum atomic E-state index is -3.93. The smallest absolute Gasteiger partial charge is 0.289 e. The number of sulfonamides is 1. The van der Waals surface area contributed by atoms with Crippen molar-refractivity contribution in [2.24, 2.45) is 4.40 Å². The van der Waals surface area contributed by atoms with Gasteiger partial charge in [0.2, 0.25) is 5.96 Å². The summed E-state index contributed by atoms with van der Waals surface area (Å²) in [6.07, 6.45) is 3.26. The third-order valence-corrected chi connectivity index (χ3v) is 5.25. The normalized spacial score (nSPS) is 15.3. The number of pyridine rings is 1. The first kappa shape index (κ1) is 16.0. The molecule has 1 aromatic carbocycles. The Bertz CT molecular complexity index is 885. The third-order valence-electron chi connectivity index (χ3n) is 3.25. The van der Waals surface area contributed by atoms with Crippen LogP contribution in [0.3, 0.4) is 0 Å². The topological polar surface area (TPSA) is 74.7 Å². The molecule has 0 unspecified atom stereocenters. The number of benzene rings is 1. The Morgan fingerprint density at radius 2 is 2.09 bits per heavy atom. The second-order valence-electron chi connectivity index (χ2n) is 4.73. The maximum Gasteiger partial charge on any atom is 0.289 e. The van der Waals surface area contributed by atoms with Crippen LogP contribution in [-0.2, 0) is 10.0 Å². The third kappa shape index (κ3) is 2.99. The Balaban J connectivity index is 2.12. The van der Waals surface area contributed by atoms with Crippen molar-refractivity contribution in [1.29, 1.82) is 0 Å². The number of hydrogen-bond acceptors (Lipinski definition) is 5. The number of nitrogens with one attached hydrogen (secondary N) is 1. The molecule has 0 fully saturated rings. The Morgan fingerprint density at radius 1 is 1.30 bits per heavy atom. The van der Waals surface area contributed by atoms with E-state index >= 15 is 0 Å². The molecule has 6 nitrogen and oxygen atoms in total. The summed E-state index contributed by atoms with van der Waals surface area (Å²) >= 11 is 12.0. The highest BCUT2D eigenvalue weighted by molar-refractivity contribution is 7.90. The van der Waals surface area contributed by atoms with Crippen LogP contribution in [0, 0.1) is 0 Å². The summed E-state index contributed by atoms with van der Waals surface area (Å²) in [5, 5.41) is 3.35. The van der Waals surface area contributed by atoms with E-state index in [1.165, 1.54) is 12.1 Å². The largest absolute Gasteiger partial charge is 0.324 e. The molecule has 0 radical (unpaired) electrons. The summed E-state index contributed by atoms with van der Waals surface area (Å²) in [5.74, 6) is 0.173. The molecule has 0 atom stereocenters. The molecule has 2 aromatic rings. The summed E-state index contributed by atoms with van der Waals surface area (Å²) in [5.41, 5.74) is 1.02. The van der Waals surface area contributed by atoms with Crippen LogP contribution < -0.4 is 10.2 Å². The van der Waals surface area contributed by atoms with Crippen molar-refractivity contribution in [2.75, 3.05) is 16.8 Å². The monoisotopic (exact) mass is 370 g/mol. The number of guanidine groups is 1. The summed E-state index contributed by atoms with van der Waals surface area (Å²) < 4.78 is 28.8. The van der Waals surface area contributed by atoms with Gasteiger partial charge in [0.15, 0.2) is 0 Å². The van der Waals surface area contributed by atoms with Gasteiger partial charge in [-0.05, 0) is 31.2 Å². The van der Waals surface area contributed by atoms with E-state index in [0.717, 1.165) is 0 Å². The summed E-state index contributed by atoms with van der Waals surface area (Å²) in [4.78, 5) is 5.66. The Labute approximate surface area is 143 Å². The van der Waals surface area contributed by atoms with E-state index in [1.807, 2.05) is 13.0 Å². The van der Waals surface area contributed by atoms with Gasteiger partial charge in [-0.3, -0.25) is 4.98 Å². The molecular weight excluding hydrogens is 359 g/mol. The molecule has 0 saturated carbocycles. The molecule has 0 spiro atoms. The van der Waals surface area contributed by atoms with Gasteiger partial charge in [-0.1, -0.05) is 23.2 Å². The van der Waals surface area contributed by atoms with Crippen LogP contribution in [0.4, 0.5) is 11.4 Å². The quantitative estimate of drug-likeness (QED) is 0.876. The van der Waals surface area contributed by atoms with Crippen molar-refractivity contribution in [1.82, 2.24) is 4.98 Å². The molecule has 2 heterocycles. The van der Waals surface area contributed by atoms with Crippen LogP contribution in [0.15, 0.2) is 46.0 Å². The predicted molar refractivity (Wildman–Crippen MR) is 92.0 cm³/mol. The molecule has 0 amide bonds. The Morgan fingerprint density at radius 3 is 2.74 bits per heavy atom. The molecular formula is C14H12Cl2N4O2S. The minimum Gasteiger partial charge on any atom is -0.324 e. The van der Waals surface area contributed by atoms with Gasteiger partial charge in [0, 0.05) is 17.8 Å². The highest BCUT2D eigenvalue weighted by Crippen LogP contribution is 2.37. The van der Waals surface area contributed by atoms with Crippen LogP contribution in [0.1, 0.15) is 6.92 Å². The number of halogens is 2. The van der Waals surface area contributed by atoms with E-state index in [1.54, 1.807) is 23.4 Å². The zero-order valence-corrected chi connectivity index (χ0v) is 14.3. The number of aromatic nitrogens is 1. The highest BCUT2D eigenvalue weighted by Gasteiger charge is 2.30. The van der Waals surface area contributed by atoms with Crippen molar-refractivity contribution in [3.8, 4) is 0 Å². The van der Waals surface area contributed by atoms with Crippen molar-refractivity contribution >= 4 is 50.6 Å². The minimum absolute atomic E-state index is 0.0345. The van der Waals surface area contributed by atoms with E-state index in [0.29, 0.717) is 22.9 Å². The fraction of sp³-hybridized carbons (Fsp3) is 0.143. The van der Waals surface area contributed by atoms with E-state index in [9.17, 15) is 8.42 Å². The van der Waals surface area contributed by atoms with E-state index < -0.39 is 10.0 Å². The average molecular weight is 371 g/mol. The zero-order chi connectivity index (χ0) is 16.6. The second kappa shape index (κ2) is 5.99. The summed E-state index contributed by atoms with van der Waals surface area (Å²) in [7, 11) is -3.93. The van der Waals surface area contributed by atoms with Gasteiger partial charge in [0.25, 0.3) is 10.0 Å². The molecule has 0 bridgehead atoms. The van der Waals surface area contributed by atoms with Gasteiger partial charge < -0.3 is 10.2 Å². The molecule has 1 aliphatic rings. The summed E-state index contributed by atoms with van der Waals surface area (Å²) in [6, 6.07) is 6.46. The highest BCUT2D eigenvalue weighted by atomic mass is 35.5. The SMILES string of the molecule is CCN(C1=NS(=O)(=O)c2c(Cl)cc(Cl)cc2N1)c1cccnc1. The molecule has 1 aromatic heterocycles. The number of anilines is 2. The molecule has 23 heavy (non-hydrogen) atoms. The first-order valence-corrected chi connectivity index (χ1v) is 8.90. The standard InChI is InChI=1S/C14H12Cl2N4O2S/c1-2-20(10-4-3-5-17-8-10)14-18-12-7-9(15)6-11(16)13(12)23(21,22)19-14/h3-8H,2H2,1H3,(H,18,19). The lowest BCUT2D eigenvalue weighted by Crippen LogP contribution is -2.39. The number of rotatable bonds is 2. The van der Waals surface area contributed by atoms with Crippen molar-refractivity contribution in [3.05, 3.63) is 46.7 Å². The maximum atomic E-state index is 12.5. The van der Waals surface area contributed by atoms with Gasteiger partial charge in [0.05, 0.1) is 22.6 Å². The van der Waals surface area contributed by atoms with Gasteiger partial charge >= 0.3 is 0 Å². The predicted octanol–water partition coefficient (Wildman–Crippen LogP) is 3.39. The maximum absolute atomic E-state index is 12.5. The number of hydrogen-bond donors (Lipinski definition) is 1. The lowest BCUT2D eigenvalue weighted by Gasteiger charge is -2.28. The van der Waals surface area contributed by atoms with E-state index in [2.05, 4.69) is 14.7 Å². The Kier molecular flexibility index (Phi) is 4.18. The average Bonchev–Trinajstić information content (AvgIpc) is 2.47. The van der Waals surface area contributed by atoms with Crippen molar-refractivity contribution in [3.63, 3.8) is 0 Å². The van der Waals surface area contributed by atoms with Crippen molar-refractivity contribution < 1.29 is 8.42 Å².